The van der Waals surface area contributed by atoms with Crippen LogP contribution in [0.2, 0.25) is 0 Å². The van der Waals surface area contributed by atoms with E-state index < -0.39 is 0 Å². The highest BCUT2D eigenvalue weighted by Crippen LogP contribution is 2.20. The van der Waals surface area contributed by atoms with Crippen molar-refractivity contribution >= 4 is 5.52 Å². The molecule has 0 aromatic carbocycles. The number of hydrogen-bond acceptors (Lipinski definition) is 6. The Morgan fingerprint density at radius 1 is 1.16 bits per heavy atom. The zero-order valence-electron chi connectivity index (χ0n) is 14.2. The van der Waals surface area contributed by atoms with Gasteiger partial charge in [0.05, 0.1) is 17.6 Å². The van der Waals surface area contributed by atoms with Crippen LogP contribution in [-0.2, 0) is 13.1 Å². The van der Waals surface area contributed by atoms with Crippen LogP contribution in [0, 0.1) is 18.3 Å². The van der Waals surface area contributed by atoms with Gasteiger partial charge in [0.1, 0.15) is 6.07 Å². The second kappa shape index (κ2) is 6.67. The summed E-state index contributed by atoms with van der Waals surface area (Å²) < 4.78 is 7.23. The molecule has 7 nitrogen and oxygen atoms in total. The maximum absolute atomic E-state index is 9.53. The highest BCUT2D eigenvalue weighted by atomic mass is 16.5. The molecule has 3 aromatic rings. The molecule has 0 atom stereocenters. The molecular weight excluding hydrogens is 316 g/mol. The van der Waals surface area contributed by atoms with E-state index >= 15 is 0 Å². The Bertz CT molecular complexity index is 913. The van der Waals surface area contributed by atoms with Gasteiger partial charge in [0.25, 0.3) is 0 Å². The van der Waals surface area contributed by atoms with E-state index in [4.69, 9.17) is 4.52 Å². The van der Waals surface area contributed by atoms with Crippen molar-refractivity contribution in [1.29, 1.82) is 5.26 Å². The monoisotopic (exact) mass is 336 g/mol. The normalized spacial score (nSPS) is 16.3. The number of rotatable bonds is 4. The average molecular weight is 336 g/mol. The summed E-state index contributed by atoms with van der Waals surface area (Å²) in [6, 6.07) is 8.31. The summed E-state index contributed by atoms with van der Waals surface area (Å²) in [5, 5.41) is 13.4. The summed E-state index contributed by atoms with van der Waals surface area (Å²) in [6.07, 6.45) is 4.06. The van der Waals surface area contributed by atoms with Crippen molar-refractivity contribution in [2.45, 2.75) is 20.0 Å². The third-order valence-electron chi connectivity index (χ3n) is 4.66. The second-order valence-electron chi connectivity index (χ2n) is 6.42. The molecule has 1 aliphatic rings. The Kier molecular flexibility index (Phi) is 4.22. The van der Waals surface area contributed by atoms with E-state index in [0.717, 1.165) is 49.4 Å². The van der Waals surface area contributed by atoms with Gasteiger partial charge in [-0.15, -0.1) is 0 Å². The van der Waals surface area contributed by atoms with Gasteiger partial charge in [0.15, 0.2) is 5.82 Å². The van der Waals surface area contributed by atoms with Crippen molar-refractivity contribution in [2.24, 2.45) is 0 Å². The van der Waals surface area contributed by atoms with Crippen molar-refractivity contribution < 1.29 is 4.52 Å². The number of nitrogens with zero attached hydrogens (tertiary/aromatic N) is 6. The summed E-state index contributed by atoms with van der Waals surface area (Å²) in [7, 11) is 0. The topological polar surface area (TPSA) is 73.6 Å². The number of aromatic nitrogens is 3. The van der Waals surface area contributed by atoms with E-state index in [1.807, 2.05) is 35.7 Å². The molecule has 4 heterocycles. The van der Waals surface area contributed by atoms with Crippen LogP contribution >= 0.6 is 0 Å². The third kappa shape index (κ3) is 3.27. The maximum atomic E-state index is 9.53. The molecule has 7 heteroatoms. The van der Waals surface area contributed by atoms with Crippen LogP contribution in [0.5, 0.6) is 0 Å². The molecule has 1 saturated heterocycles. The van der Waals surface area contributed by atoms with E-state index in [2.05, 4.69) is 32.2 Å². The fraction of sp³-hybridized carbons (Fsp3) is 0.389. The lowest BCUT2D eigenvalue weighted by molar-refractivity contribution is 0.112. The number of pyridine rings is 1. The first-order valence-electron chi connectivity index (χ1n) is 8.45. The van der Waals surface area contributed by atoms with Crippen LogP contribution in [0.3, 0.4) is 0 Å². The zero-order valence-corrected chi connectivity index (χ0v) is 14.2. The first kappa shape index (κ1) is 15.8. The number of fused-ring (bicyclic) bond motifs is 1. The molecule has 4 rings (SSSR count). The van der Waals surface area contributed by atoms with Crippen LogP contribution in [0.25, 0.3) is 5.52 Å². The Balaban J connectivity index is 1.40. The molecule has 1 fully saturated rings. The van der Waals surface area contributed by atoms with Crippen molar-refractivity contribution in [3.8, 4) is 6.07 Å². The molecule has 128 valence electrons. The molecule has 3 aromatic heterocycles. The van der Waals surface area contributed by atoms with E-state index in [1.54, 1.807) is 0 Å². The second-order valence-corrected chi connectivity index (χ2v) is 6.42. The summed E-state index contributed by atoms with van der Waals surface area (Å²) >= 11 is 0. The van der Waals surface area contributed by atoms with E-state index in [0.29, 0.717) is 18.3 Å². The highest BCUT2D eigenvalue weighted by Gasteiger charge is 2.21. The lowest BCUT2D eigenvalue weighted by Gasteiger charge is -2.33. The maximum Gasteiger partial charge on any atom is 0.240 e. The van der Waals surface area contributed by atoms with Gasteiger partial charge in [-0.3, -0.25) is 9.80 Å². The third-order valence-corrected chi connectivity index (χ3v) is 4.66. The summed E-state index contributed by atoms with van der Waals surface area (Å²) in [5.74, 6) is 1.36. The van der Waals surface area contributed by atoms with Gasteiger partial charge in [0.2, 0.25) is 5.89 Å². The number of piperazine rings is 1. The van der Waals surface area contributed by atoms with Crippen LogP contribution in [0.4, 0.5) is 0 Å². The first-order chi connectivity index (χ1) is 12.2. The predicted octanol–water partition coefficient (Wildman–Crippen LogP) is 1.82. The van der Waals surface area contributed by atoms with Crippen molar-refractivity contribution in [3.63, 3.8) is 0 Å². The van der Waals surface area contributed by atoms with Gasteiger partial charge in [-0.05, 0) is 19.1 Å². The van der Waals surface area contributed by atoms with Crippen molar-refractivity contribution in [3.05, 3.63) is 53.4 Å². The zero-order chi connectivity index (χ0) is 17.2. The molecule has 0 radical (unpaired) electrons. The molecule has 25 heavy (non-hydrogen) atoms. The minimum Gasteiger partial charge on any atom is -0.338 e. The van der Waals surface area contributed by atoms with Crippen LogP contribution < -0.4 is 0 Å². The smallest absolute Gasteiger partial charge is 0.240 e. The van der Waals surface area contributed by atoms with Gasteiger partial charge in [-0.25, -0.2) is 0 Å². The minimum absolute atomic E-state index is 0.677. The van der Waals surface area contributed by atoms with Crippen LogP contribution in [-0.4, -0.2) is 50.5 Å². The van der Waals surface area contributed by atoms with E-state index in [1.165, 1.54) is 0 Å². The summed E-state index contributed by atoms with van der Waals surface area (Å²) in [5.41, 5.74) is 2.85. The van der Waals surface area contributed by atoms with Crippen molar-refractivity contribution in [2.75, 3.05) is 26.2 Å². The molecule has 0 N–H and O–H groups in total. The molecule has 0 unspecified atom stereocenters. The Morgan fingerprint density at radius 3 is 2.60 bits per heavy atom. The molecule has 0 bridgehead atoms. The van der Waals surface area contributed by atoms with E-state index in [9.17, 15) is 5.26 Å². The van der Waals surface area contributed by atoms with Gasteiger partial charge < -0.3 is 8.92 Å². The molecule has 0 aliphatic carbocycles. The first-order valence-corrected chi connectivity index (χ1v) is 8.45. The Hall–Kier alpha value is -2.69. The Morgan fingerprint density at radius 2 is 1.92 bits per heavy atom. The fourth-order valence-electron chi connectivity index (χ4n) is 3.37. The van der Waals surface area contributed by atoms with E-state index in [-0.39, 0.29) is 0 Å². The van der Waals surface area contributed by atoms with Gasteiger partial charge >= 0.3 is 0 Å². The standard InChI is InChI=1S/C18H20N6O/c1-14-20-18(25-21-14)13-23-8-6-22(7-9-23)11-15-12-24-5-3-2-4-17(24)16(15)10-19/h2-5,12H,6-9,11,13H2,1H3. The fourth-order valence-corrected chi connectivity index (χ4v) is 3.37. The minimum atomic E-state index is 0.677. The lowest BCUT2D eigenvalue weighted by atomic mass is 10.1. The lowest BCUT2D eigenvalue weighted by Crippen LogP contribution is -2.45. The number of aryl methyl sites for hydroxylation is 1. The molecule has 0 amide bonds. The number of nitriles is 1. The summed E-state index contributed by atoms with van der Waals surface area (Å²) in [6.45, 7) is 7.17. The molecule has 0 spiro atoms. The van der Waals surface area contributed by atoms with Crippen LogP contribution in [0.1, 0.15) is 22.8 Å². The molecular formula is C18H20N6O. The van der Waals surface area contributed by atoms with Gasteiger partial charge in [-0.1, -0.05) is 11.2 Å². The highest BCUT2D eigenvalue weighted by molar-refractivity contribution is 5.65. The summed E-state index contributed by atoms with van der Waals surface area (Å²) in [4.78, 5) is 8.99. The van der Waals surface area contributed by atoms with Crippen LogP contribution in [0.15, 0.2) is 35.1 Å². The predicted molar refractivity (Wildman–Crippen MR) is 91.7 cm³/mol. The van der Waals surface area contributed by atoms with Gasteiger partial charge in [-0.2, -0.15) is 10.2 Å². The molecule has 0 saturated carbocycles. The number of hydrogen-bond donors (Lipinski definition) is 0. The van der Waals surface area contributed by atoms with Crippen molar-refractivity contribution in [1.82, 2.24) is 24.3 Å². The SMILES string of the molecule is Cc1noc(CN2CCN(Cc3cn4ccccc4c3C#N)CC2)n1. The largest absolute Gasteiger partial charge is 0.338 e. The average Bonchev–Trinajstić information content (AvgIpc) is 3.19. The van der Waals surface area contributed by atoms with Gasteiger partial charge in [0, 0.05) is 50.7 Å². The Labute approximate surface area is 146 Å². The molecule has 1 aliphatic heterocycles. The quantitative estimate of drug-likeness (QED) is 0.723.